The topological polar surface area (TPSA) is 75.4 Å². The normalized spacial score (nSPS) is 18.9. The Hall–Kier alpha value is -1.10. The Balaban J connectivity index is 2.47. The van der Waals surface area contributed by atoms with Crippen LogP contribution in [0.4, 0.5) is 0 Å². The third-order valence-corrected chi connectivity index (χ3v) is 2.76. The van der Waals surface area contributed by atoms with Crippen molar-refractivity contribution >= 4 is 11.8 Å². The van der Waals surface area contributed by atoms with E-state index in [2.05, 4.69) is 12.2 Å². The van der Waals surface area contributed by atoms with E-state index in [0.717, 1.165) is 19.3 Å². The van der Waals surface area contributed by atoms with Crippen LogP contribution in [0.25, 0.3) is 0 Å². The zero-order valence-electron chi connectivity index (χ0n) is 9.87. The van der Waals surface area contributed by atoms with Gasteiger partial charge >= 0.3 is 0 Å². The molecule has 0 saturated carbocycles. The van der Waals surface area contributed by atoms with Crippen molar-refractivity contribution < 1.29 is 9.59 Å². The largest absolute Gasteiger partial charge is 0.354 e. The van der Waals surface area contributed by atoms with Crippen molar-refractivity contribution in [2.45, 2.75) is 38.6 Å². The van der Waals surface area contributed by atoms with E-state index in [-0.39, 0.29) is 18.4 Å². The zero-order valence-corrected chi connectivity index (χ0v) is 9.87. The minimum Gasteiger partial charge on any atom is -0.354 e. The molecule has 16 heavy (non-hydrogen) atoms. The summed E-state index contributed by atoms with van der Waals surface area (Å²) in [6.45, 7) is 3.49. The molecule has 1 saturated heterocycles. The summed E-state index contributed by atoms with van der Waals surface area (Å²) < 4.78 is 0. The number of nitrogens with zero attached hydrogens (tertiary/aromatic N) is 1. The standard InChI is InChI=1S/C11H21N3O2/c1-2-3-5-9(12)11(16)14-7-4-6-13-10(15)8-14/h9H,2-8,12H2,1H3,(H,13,15)/t9-/m0/s1. The van der Waals surface area contributed by atoms with E-state index in [1.165, 1.54) is 0 Å². The first-order chi connectivity index (χ1) is 7.65. The molecule has 0 aliphatic carbocycles. The van der Waals surface area contributed by atoms with Crippen LogP contribution < -0.4 is 11.1 Å². The quantitative estimate of drug-likeness (QED) is 0.701. The summed E-state index contributed by atoms with van der Waals surface area (Å²) in [6, 6.07) is -0.453. The number of amides is 2. The molecular formula is C11H21N3O2. The maximum absolute atomic E-state index is 11.9. The van der Waals surface area contributed by atoms with Crippen molar-refractivity contribution in [2.75, 3.05) is 19.6 Å². The second-order valence-corrected chi connectivity index (χ2v) is 4.21. The lowest BCUT2D eigenvalue weighted by Gasteiger charge is -2.22. The Labute approximate surface area is 96.4 Å². The van der Waals surface area contributed by atoms with Gasteiger partial charge in [-0.1, -0.05) is 19.8 Å². The van der Waals surface area contributed by atoms with Gasteiger partial charge in [-0.2, -0.15) is 0 Å². The zero-order chi connectivity index (χ0) is 12.0. The fraction of sp³-hybridized carbons (Fsp3) is 0.818. The Kier molecular flexibility index (Phi) is 5.25. The van der Waals surface area contributed by atoms with Crippen LogP contribution in [0.15, 0.2) is 0 Å². The van der Waals surface area contributed by atoms with Crippen molar-refractivity contribution in [1.82, 2.24) is 10.2 Å². The van der Waals surface area contributed by atoms with E-state index in [1.54, 1.807) is 4.90 Å². The van der Waals surface area contributed by atoms with E-state index < -0.39 is 6.04 Å². The molecule has 5 nitrogen and oxygen atoms in total. The number of nitrogens with one attached hydrogen (secondary N) is 1. The fourth-order valence-corrected chi connectivity index (χ4v) is 1.78. The summed E-state index contributed by atoms with van der Waals surface area (Å²) in [4.78, 5) is 24.8. The first-order valence-electron chi connectivity index (χ1n) is 5.96. The molecule has 0 spiro atoms. The number of hydrogen-bond donors (Lipinski definition) is 2. The third-order valence-electron chi connectivity index (χ3n) is 2.76. The molecule has 1 atom stereocenters. The number of unbranched alkanes of at least 4 members (excludes halogenated alkanes) is 1. The minimum atomic E-state index is -0.453. The van der Waals surface area contributed by atoms with Gasteiger partial charge in [-0.05, 0) is 12.8 Å². The van der Waals surface area contributed by atoms with Crippen molar-refractivity contribution in [1.29, 1.82) is 0 Å². The molecule has 1 aliphatic rings. The summed E-state index contributed by atoms with van der Waals surface area (Å²) in [5.41, 5.74) is 5.81. The van der Waals surface area contributed by atoms with Crippen LogP contribution in [-0.4, -0.2) is 42.4 Å². The van der Waals surface area contributed by atoms with Gasteiger partial charge in [0, 0.05) is 13.1 Å². The fourth-order valence-electron chi connectivity index (χ4n) is 1.78. The number of nitrogens with two attached hydrogens (primary N) is 1. The molecule has 1 rings (SSSR count). The van der Waals surface area contributed by atoms with Crippen LogP contribution in [0.3, 0.4) is 0 Å². The number of rotatable bonds is 4. The van der Waals surface area contributed by atoms with Gasteiger partial charge in [0.15, 0.2) is 0 Å². The smallest absolute Gasteiger partial charge is 0.239 e. The molecule has 0 unspecified atom stereocenters. The lowest BCUT2D eigenvalue weighted by molar-refractivity contribution is -0.136. The first-order valence-corrected chi connectivity index (χ1v) is 5.96. The number of carbonyl (C=O) groups excluding carboxylic acids is 2. The monoisotopic (exact) mass is 227 g/mol. The van der Waals surface area contributed by atoms with Gasteiger partial charge in [0.2, 0.25) is 11.8 Å². The molecule has 1 heterocycles. The highest BCUT2D eigenvalue weighted by atomic mass is 16.2. The summed E-state index contributed by atoms with van der Waals surface area (Å²) in [5.74, 6) is -0.181. The van der Waals surface area contributed by atoms with Gasteiger partial charge in [-0.25, -0.2) is 0 Å². The lowest BCUT2D eigenvalue weighted by atomic mass is 10.1. The molecule has 1 aliphatic heterocycles. The highest BCUT2D eigenvalue weighted by Crippen LogP contribution is 2.04. The first kappa shape index (κ1) is 13.0. The molecule has 5 heteroatoms. The molecular weight excluding hydrogens is 206 g/mol. The second kappa shape index (κ2) is 6.48. The Morgan fingerprint density at radius 1 is 1.62 bits per heavy atom. The summed E-state index contributed by atoms with van der Waals surface area (Å²) in [5, 5.41) is 2.74. The van der Waals surface area contributed by atoms with E-state index in [9.17, 15) is 9.59 Å². The SMILES string of the molecule is CCCC[C@H](N)C(=O)N1CCCNC(=O)C1. The summed E-state index contributed by atoms with van der Waals surface area (Å²) in [6.07, 6.45) is 3.49. The molecule has 0 radical (unpaired) electrons. The molecule has 0 bridgehead atoms. The van der Waals surface area contributed by atoms with Crippen molar-refractivity contribution in [3.63, 3.8) is 0 Å². The second-order valence-electron chi connectivity index (χ2n) is 4.21. The minimum absolute atomic E-state index is 0.0893. The maximum atomic E-state index is 11.9. The van der Waals surface area contributed by atoms with E-state index in [4.69, 9.17) is 5.73 Å². The molecule has 0 aromatic heterocycles. The van der Waals surface area contributed by atoms with Crippen LogP contribution >= 0.6 is 0 Å². The highest BCUT2D eigenvalue weighted by Gasteiger charge is 2.23. The Bertz CT molecular complexity index is 256. The molecule has 1 fully saturated rings. The van der Waals surface area contributed by atoms with Crippen LogP contribution in [0.5, 0.6) is 0 Å². The van der Waals surface area contributed by atoms with Gasteiger partial charge in [-0.15, -0.1) is 0 Å². The van der Waals surface area contributed by atoms with Crippen LogP contribution in [0.1, 0.15) is 32.6 Å². The predicted molar refractivity (Wildman–Crippen MR) is 61.7 cm³/mol. The molecule has 2 amide bonds. The van der Waals surface area contributed by atoms with Gasteiger partial charge in [0.05, 0.1) is 12.6 Å². The number of carbonyl (C=O) groups is 2. The van der Waals surface area contributed by atoms with Crippen LogP contribution in [-0.2, 0) is 9.59 Å². The summed E-state index contributed by atoms with van der Waals surface area (Å²) >= 11 is 0. The van der Waals surface area contributed by atoms with E-state index in [0.29, 0.717) is 19.5 Å². The molecule has 0 aromatic rings. The van der Waals surface area contributed by atoms with E-state index >= 15 is 0 Å². The lowest BCUT2D eigenvalue weighted by Crippen LogP contribution is -2.46. The predicted octanol–water partition coefficient (Wildman–Crippen LogP) is -0.148. The average Bonchev–Trinajstić information content (AvgIpc) is 2.49. The molecule has 3 N–H and O–H groups in total. The van der Waals surface area contributed by atoms with Gasteiger partial charge in [0.1, 0.15) is 0 Å². The van der Waals surface area contributed by atoms with Gasteiger partial charge in [0.25, 0.3) is 0 Å². The Morgan fingerprint density at radius 2 is 2.38 bits per heavy atom. The van der Waals surface area contributed by atoms with Crippen molar-refractivity contribution in [2.24, 2.45) is 5.73 Å². The number of hydrogen-bond acceptors (Lipinski definition) is 3. The average molecular weight is 227 g/mol. The van der Waals surface area contributed by atoms with E-state index in [1.807, 2.05) is 0 Å². The van der Waals surface area contributed by atoms with Gasteiger partial charge in [-0.3, -0.25) is 9.59 Å². The van der Waals surface area contributed by atoms with Gasteiger partial charge < -0.3 is 16.0 Å². The van der Waals surface area contributed by atoms with Crippen LogP contribution in [0.2, 0.25) is 0 Å². The van der Waals surface area contributed by atoms with Crippen molar-refractivity contribution in [3.8, 4) is 0 Å². The van der Waals surface area contributed by atoms with Crippen molar-refractivity contribution in [3.05, 3.63) is 0 Å². The molecule has 0 aromatic carbocycles. The molecule has 92 valence electrons. The third kappa shape index (κ3) is 3.81. The maximum Gasteiger partial charge on any atom is 0.239 e. The highest BCUT2D eigenvalue weighted by molar-refractivity contribution is 5.87. The summed E-state index contributed by atoms with van der Waals surface area (Å²) in [7, 11) is 0. The van der Waals surface area contributed by atoms with Crippen LogP contribution in [0, 0.1) is 0 Å². The Morgan fingerprint density at radius 3 is 3.06 bits per heavy atom.